The number of benzene rings is 13. The molecule has 1 aliphatic rings. The number of hydrogen-bond acceptors (Lipinski definition) is 1. The van der Waals surface area contributed by atoms with Crippen LogP contribution in [0.1, 0.15) is 47.6 Å². The Kier molecular flexibility index (Phi) is 10.0. The van der Waals surface area contributed by atoms with E-state index in [1.807, 2.05) is 0 Å². The Bertz CT molecular complexity index is 4440. The van der Waals surface area contributed by atoms with Crippen LogP contribution in [0.2, 0.25) is 0 Å². The van der Waals surface area contributed by atoms with Gasteiger partial charge in [0.15, 0.2) is 0 Å². The van der Waals surface area contributed by atoms with Gasteiger partial charge >= 0.3 is 0 Å². The lowest BCUT2D eigenvalue weighted by atomic mass is 9.82. The Balaban J connectivity index is 0.871. The first-order valence-electron chi connectivity index (χ1n) is 26.6. The van der Waals surface area contributed by atoms with Crippen LogP contribution in [0, 0.1) is 0 Å². The highest BCUT2D eigenvalue weighted by molar-refractivity contribution is 6.33. The third kappa shape index (κ3) is 6.95. The standard InChI is InChI=1S/C74H52N2/c1-74(2)66-24-13-12-23-62(66)63-44-41-61(47-67(63)74)75(59-39-31-55(32-40-59)70(51-17-8-4-9-18-51)52-19-10-5-11-20-52)58-35-29-50(30-36-58)56-34-42-64-68(45-56)76(60-37-27-49(28-38-60)48-15-6-3-7-16-48)69-46-57-26-25-53-21-14-22-54-33-43-65(73(64)69)72(57)71(53)54/h3-47,70H,1-2H3. The summed E-state index contributed by atoms with van der Waals surface area (Å²) in [5, 5.41) is 10.3. The van der Waals surface area contributed by atoms with Crippen LogP contribution in [0.4, 0.5) is 17.1 Å². The molecular weight excluding hydrogens is 917 g/mol. The Hall–Kier alpha value is -9.50. The molecule has 0 saturated heterocycles. The molecule has 2 heteroatoms. The lowest BCUT2D eigenvalue weighted by molar-refractivity contribution is 0.660. The second-order valence-electron chi connectivity index (χ2n) is 21.2. The number of fused-ring (bicyclic) bond motifs is 7. The number of aromatic nitrogens is 1. The van der Waals surface area contributed by atoms with Crippen LogP contribution < -0.4 is 4.90 Å². The van der Waals surface area contributed by atoms with Crippen molar-refractivity contribution in [1.82, 2.24) is 4.57 Å². The summed E-state index contributed by atoms with van der Waals surface area (Å²) >= 11 is 0. The summed E-state index contributed by atoms with van der Waals surface area (Å²) in [5.74, 6) is 0.111. The highest BCUT2D eigenvalue weighted by Crippen LogP contribution is 2.51. The zero-order valence-electron chi connectivity index (χ0n) is 42.5. The second-order valence-corrected chi connectivity index (χ2v) is 21.2. The SMILES string of the molecule is CC1(C)c2ccccc2-c2ccc(N(c3ccc(-c4ccc5c6c7ccc8cccc9ccc(cc6n(-c6ccc(-c%10ccccc%10)cc6)c5c4)c7c98)cc3)c3ccc(C(c4ccccc4)c4ccccc4)cc3)cc21. The van der Waals surface area contributed by atoms with Gasteiger partial charge in [-0.3, -0.25) is 0 Å². The molecule has 15 rings (SSSR count). The van der Waals surface area contributed by atoms with E-state index in [0.29, 0.717) is 0 Å². The Morgan fingerprint density at radius 3 is 1.57 bits per heavy atom. The van der Waals surface area contributed by atoms with Gasteiger partial charge in [-0.25, -0.2) is 0 Å². The van der Waals surface area contributed by atoms with Crippen molar-refractivity contribution in [3.63, 3.8) is 0 Å². The average molecular weight is 969 g/mol. The maximum absolute atomic E-state index is 2.49. The fourth-order valence-electron chi connectivity index (χ4n) is 13.0. The van der Waals surface area contributed by atoms with E-state index < -0.39 is 0 Å². The van der Waals surface area contributed by atoms with Crippen molar-refractivity contribution >= 4 is 71.2 Å². The summed E-state index contributed by atoms with van der Waals surface area (Å²) < 4.78 is 2.49. The van der Waals surface area contributed by atoms with Gasteiger partial charge in [0.1, 0.15) is 0 Å². The van der Waals surface area contributed by atoms with Gasteiger partial charge in [0.2, 0.25) is 0 Å². The maximum atomic E-state index is 2.49. The highest BCUT2D eigenvalue weighted by Gasteiger charge is 2.36. The van der Waals surface area contributed by atoms with Crippen molar-refractivity contribution in [1.29, 1.82) is 0 Å². The molecule has 76 heavy (non-hydrogen) atoms. The van der Waals surface area contributed by atoms with Gasteiger partial charge in [-0.1, -0.05) is 226 Å². The fraction of sp³-hybridized carbons (Fsp3) is 0.0541. The molecule has 0 bridgehead atoms. The molecule has 0 spiro atoms. The molecule has 0 saturated carbocycles. The smallest absolute Gasteiger partial charge is 0.0553 e. The van der Waals surface area contributed by atoms with Gasteiger partial charge in [-0.2, -0.15) is 0 Å². The largest absolute Gasteiger partial charge is 0.310 e. The van der Waals surface area contributed by atoms with E-state index in [9.17, 15) is 0 Å². The Morgan fingerprint density at radius 1 is 0.329 bits per heavy atom. The van der Waals surface area contributed by atoms with E-state index in [1.54, 1.807) is 0 Å². The molecule has 1 aliphatic carbocycles. The van der Waals surface area contributed by atoms with Crippen molar-refractivity contribution in [2.75, 3.05) is 4.90 Å². The normalized spacial score (nSPS) is 12.8. The zero-order chi connectivity index (χ0) is 50.5. The predicted octanol–water partition coefficient (Wildman–Crippen LogP) is 20.0. The number of rotatable bonds is 9. The first-order chi connectivity index (χ1) is 37.4. The van der Waals surface area contributed by atoms with E-state index in [4.69, 9.17) is 0 Å². The average Bonchev–Trinajstić information content (AvgIpc) is 4.10. The molecule has 0 N–H and O–H groups in total. The predicted molar refractivity (Wildman–Crippen MR) is 321 cm³/mol. The first kappa shape index (κ1) is 44.0. The summed E-state index contributed by atoms with van der Waals surface area (Å²) in [5.41, 5.74) is 20.7. The van der Waals surface area contributed by atoms with E-state index in [0.717, 1.165) is 22.7 Å². The number of hydrogen-bond donors (Lipinski definition) is 0. The van der Waals surface area contributed by atoms with Crippen LogP contribution in [0.15, 0.2) is 273 Å². The first-order valence-corrected chi connectivity index (χ1v) is 26.6. The lowest BCUT2D eigenvalue weighted by Gasteiger charge is -2.29. The summed E-state index contributed by atoms with van der Waals surface area (Å²) in [6.45, 7) is 4.73. The van der Waals surface area contributed by atoms with E-state index in [1.165, 1.54) is 115 Å². The van der Waals surface area contributed by atoms with Crippen LogP contribution in [0.25, 0.3) is 93.2 Å². The molecule has 2 nitrogen and oxygen atoms in total. The minimum atomic E-state index is -0.136. The van der Waals surface area contributed by atoms with Crippen molar-refractivity contribution in [3.8, 4) is 39.1 Å². The van der Waals surface area contributed by atoms with Crippen molar-refractivity contribution in [3.05, 3.63) is 301 Å². The molecule has 0 amide bonds. The molecule has 0 unspecified atom stereocenters. The molecule has 1 heterocycles. The molecule has 358 valence electrons. The van der Waals surface area contributed by atoms with Crippen molar-refractivity contribution in [2.45, 2.75) is 25.2 Å². The summed E-state index contributed by atoms with van der Waals surface area (Å²) in [4.78, 5) is 2.44. The molecule has 13 aromatic carbocycles. The Labute approximate surface area is 443 Å². The molecular formula is C74H52N2. The molecule has 0 atom stereocenters. The third-order valence-corrected chi connectivity index (χ3v) is 16.6. The molecule has 1 aromatic heterocycles. The molecule has 14 aromatic rings. The summed E-state index contributed by atoms with van der Waals surface area (Å²) in [6, 6.07) is 101. The van der Waals surface area contributed by atoms with Crippen molar-refractivity contribution < 1.29 is 0 Å². The number of nitrogens with zero attached hydrogens (tertiary/aromatic N) is 2. The van der Waals surface area contributed by atoms with Crippen LogP contribution >= 0.6 is 0 Å². The molecule has 0 radical (unpaired) electrons. The van der Waals surface area contributed by atoms with Crippen LogP contribution in [-0.2, 0) is 5.41 Å². The molecule has 0 fully saturated rings. The van der Waals surface area contributed by atoms with Crippen LogP contribution in [-0.4, -0.2) is 4.57 Å². The van der Waals surface area contributed by atoms with Gasteiger partial charge in [-0.15, -0.1) is 0 Å². The minimum Gasteiger partial charge on any atom is -0.310 e. The quantitative estimate of drug-likeness (QED) is 0.103. The monoisotopic (exact) mass is 968 g/mol. The summed E-state index contributed by atoms with van der Waals surface area (Å²) in [7, 11) is 0. The van der Waals surface area contributed by atoms with Gasteiger partial charge < -0.3 is 9.47 Å². The summed E-state index contributed by atoms with van der Waals surface area (Å²) in [6.07, 6.45) is 0. The Morgan fingerprint density at radius 2 is 0.855 bits per heavy atom. The van der Waals surface area contributed by atoms with Crippen molar-refractivity contribution in [2.24, 2.45) is 0 Å². The minimum absolute atomic E-state index is 0.111. The van der Waals surface area contributed by atoms with Crippen LogP contribution in [0.5, 0.6) is 0 Å². The van der Waals surface area contributed by atoms with E-state index in [-0.39, 0.29) is 11.3 Å². The van der Waals surface area contributed by atoms with Crippen LogP contribution in [0.3, 0.4) is 0 Å². The van der Waals surface area contributed by atoms with Gasteiger partial charge in [0, 0.05) is 44.9 Å². The molecule has 0 aliphatic heterocycles. The second kappa shape index (κ2) is 17.3. The van der Waals surface area contributed by atoms with Gasteiger partial charge in [-0.05, 0) is 154 Å². The fourth-order valence-corrected chi connectivity index (χ4v) is 13.0. The van der Waals surface area contributed by atoms with Gasteiger partial charge in [0.05, 0.1) is 11.0 Å². The zero-order valence-corrected chi connectivity index (χ0v) is 42.5. The van der Waals surface area contributed by atoms with Gasteiger partial charge in [0.25, 0.3) is 0 Å². The highest BCUT2D eigenvalue weighted by atomic mass is 15.1. The number of anilines is 3. The third-order valence-electron chi connectivity index (χ3n) is 16.6. The lowest BCUT2D eigenvalue weighted by Crippen LogP contribution is -2.16. The maximum Gasteiger partial charge on any atom is 0.0553 e. The van der Waals surface area contributed by atoms with E-state index >= 15 is 0 Å². The van der Waals surface area contributed by atoms with E-state index in [2.05, 4.69) is 296 Å². The topological polar surface area (TPSA) is 8.17 Å².